The van der Waals surface area contributed by atoms with Crippen LogP contribution >= 0.6 is 27.5 Å². The molecule has 0 heterocycles. The summed E-state index contributed by atoms with van der Waals surface area (Å²) in [5.41, 5.74) is 0.870. The lowest BCUT2D eigenvalue weighted by molar-refractivity contribution is 0.291. The molecule has 1 saturated carbocycles. The van der Waals surface area contributed by atoms with Crippen LogP contribution < -0.4 is 4.74 Å². The van der Waals surface area contributed by atoms with Gasteiger partial charge in [-0.3, -0.25) is 0 Å². The van der Waals surface area contributed by atoms with E-state index in [-0.39, 0.29) is 11.2 Å². The van der Waals surface area contributed by atoms with Crippen molar-refractivity contribution in [3.63, 3.8) is 0 Å². The Labute approximate surface area is 114 Å². The van der Waals surface area contributed by atoms with E-state index in [1.807, 2.05) is 0 Å². The van der Waals surface area contributed by atoms with Crippen LogP contribution in [0.3, 0.4) is 0 Å². The molecule has 1 aliphatic rings. The van der Waals surface area contributed by atoms with Gasteiger partial charge in [-0.05, 0) is 34.3 Å². The second kappa shape index (κ2) is 5.57. The molecule has 0 N–H and O–H groups in total. The zero-order valence-electron chi connectivity index (χ0n) is 9.68. The minimum absolute atomic E-state index is 0.104. The van der Waals surface area contributed by atoms with E-state index < -0.39 is 0 Å². The third-order valence-corrected chi connectivity index (χ3v) is 4.40. The number of alkyl halides is 1. The smallest absolute Gasteiger partial charge is 0.141 e. The molecule has 17 heavy (non-hydrogen) atoms. The SMILES string of the molecule is COc1cc(F)c(Br)cc1C(Cl)CC1CCC1. The maximum absolute atomic E-state index is 13.4. The van der Waals surface area contributed by atoms with Crippen molar-refractivity contribution in [2.24, 2.45) is 5.92 Å². The highest BCUT2D eigenvalue weighted by molar-refractivity contribution is 9.10. The van der Waals surface area contributed by atoms with Gasteiger partial charge in [0.1, 0.15) is 11.6 Å². The van der Waals surface area contributed by atoms with Crippen molar-refractivity contribution in [2.75, 3.05) is 7.11 Å². The molecule has 1 aliphatic carbocycles. The van der Waals surface area contributed by atoms with Crippen molar-refractivity contribution in [3.8, 4) is 5.75 Å². The molecular formula is C13H15BrClFO. The molecule has 1 aromatic carbocycles. The molecule has 0 radical (unpaired) electrons. The van der Waals surface area contributed by atoms with Crippen LogP contribution in [0.5, 0.6) is 5.75 Å². The highest BCUT2D eigenvalue weighted by Gasteiger charge is 2.24. The highest BCUT2D eigenvalue weighted by atomic mass is 79.9. The molecular weight excluding hydrogens is 306 g/mol. The summed E-state index contributed by atoms with van der Waals surface area (Å²) in [7, 11) is 1.54. The van der Waals surface area contributed by atoms with Gasteiger partial charge in [0.15, 0.2) is 0 Å². The third kappa shape index (κ3) is 2.94. The number of benzene rings is 1. The van der Waals surface area contributed by atoms with Gasteiger partial charge in [-0.2, -0.15) is 0 Å². The van der Waals surface area contributed by atoms with Crippen LogP contribution in [0.4, 0.5) is 4.39 Å². The molecule has 1 fully saturated rings. The Morgan fingerprint density at radius 3 is 2.76 bits per heavy atom. The molecule has 0 spiro atoms. The molecule has 1 aromatic rings. The summed E-state index contributed by atoms with van der Waals surface area (Å²) in [5.74, 6) is 0.925. The number of ether oxygens (including phenoxy) is 1. The first kappa shape index (κ1) is 13.2. The maximum Gasteiger partial charge on any atom is 0.141 e. The Kier molecular flexibility index (Phi) is 4.31. The van der Waals surface area contributed by atoms with E-state index in [9.17, 15) is 4.39 Å². The van der Waals surface area contributed by atoms with E-state index in [0.29, 0.717) is 16.1 Å². The second-order valence-electron chi connectivity index (χ2n) is 4.51. The quantitative estimate of drug-likeness (QED) is 0.704. The van der Waals surface area contributed by atoms with E-state index in [1.165, 1.54) is 25.3 Å². The minimum atomic E-state index is -0.321. The van der Waals surface area contributed by atoms with Gasteiger partial charge < -0.3 is 4.74 Å². The average molecular weight is 322 g/mol. The fourth-order valence-electron chi connectivity index (χ4n) is 2.11. The lowest BCUT2D eigenvalue weighted by Gasteiger charge is -2.28. The fourth-order valence-corrected chi connectivity index (χ4v) is 2.90. The van der Waals surface area contributed by atoms with Crippen molar-refractivity contribution in [3.05, 3.63) is 28.0 Å². The van der Waals surface area contributed by atoms with Gasteiger partial charge in [0, 0.05) is 11.6 Å². The Hall–Kier alpha value is -0.280. The summed E-state index contributed by atoms with van der Waals surface area (Å²) in [4.78, 5) is 0. The lowest BCUT2D eigenvalue weighted by Crippen LogP contribution is -2.13. The van der Waals surface area contributed by atoms with Crippen LogP contribution in [0.15, 0.2) is 16.6 Å². The zero-order valence-corrected chi connectivity index (χ0v) is 12.0. The number of hydrogen-bond donors (Lipinski definition) is 0. The monoisotopic (exact) mass is 320 g/mol. The van der Waals surface area contributed by atoms with Gasteiger partial charge in [-0.15, -0.1) is 11.6 Å². The summed E-state index contributed by atoms with van der Waals surface area (Å²) in [6, 6.07) is 3.11. The number of halogens is 3. The van der Waals surface area contributed by atoms with Gasteiger partial charge in [0.05, 0.1) is 17.0 Å². The predicted octanol–water partition coefficient (Wildman–Crippen LogP) is 5.07. The predicted molar refractivity (Wildman–Crippen MR) is 71.2 cm³/mol. The van der Waals surface area contributed by atoms with Gasteiger partial charge in [-0.1, -0.05) is 19.3 Å². The van der Waals surface area contributed by atoms with Crippen LogP contribution in [0.2, 0.25) is 0 Å². The summed E-state index contributed by atoms with van der Waals surface area (Å²) in [6.07, 6.45) is 4.76. The Morgan fingerprint density at radius 2 is 2.24 bits per heavy atom. The van der Waals surface area contributed by atoms with Crippen LogP contribution in [0.1, 0.15) is 36.6 Å². The Bertz CT molecular complexity index is 407. The summed E-state index contributed by atoms with van der Waals surface area (Å²) < 4.78 is 19.0. The Balaban J connectivity index is 2.19. The summed E-state index contributed by atoms with van der Waals surface area (Å²) in [5, 5.41) is -0.104. The van der Waals surface area contributed by atoms with E-state index >= 15 is 0 Å². The van der Waals surface area contributed by atoms with Crippen LogP contribution in [-0.2, 0) is 0 Å². The van der Waals surface area contributed by atoms with E-state index in [1.54, 1.807) is 13.2 Å². The number of hydrogen-bond acceptors (Lipinski definition) is 1. The van der Waals surface area contributed by atoms with E-state index in [4.69, 9.17) is 16.3 Å². The van der Waals surface area contributed by atoms with E-state index in [0.717, 1.165) is 12.0 Å². The largest absolute Gasteiger partial charge is 0.496 e. The lowest BCUT2D eigenvalue weighted by atomic mass is 9.81. The first-order valence-electron chi connectivity index (χ1n) is 5.78. The third-order valence-electron chi connectivity index (χ3n) is 3.38. The van der Waals surface area contributed by atoms with Gasteiger partial charge in [-0.25, -0.2) is 4.39 Å². The zero-order chi connectivity index (χ0) is 12.4. The van der Waals surface area contributed by atoms with Gasteiger partial charge in [0.25, 0.3) is 0 Å². The molecule has 0 amide bonds. The maximum atomic E-state index is 13.4. The molecule has 4 heteroatoms. The number of rotatable bonds is 4. The van der Waals surface area contributed by atoms with Crippen molar-refractivity contribution >= 4 is 27.5 Å². The Morgan fingerprint density at radius 1 is 1.53 bits per heavy atom. The minimum Gasteiger partial charge on any atom is -0.496 e. The number of methoxy groups -OCH3 is 1. The molecule has 0 aliphatic heterocycles. The molecule has 2 rings (SSSR count). The summed E-state index contributed by atoms with van der Waals surface area (Å²) >= 11 is 9.58. The first-order chi connectivity index (χ1) is 8.11. The molecule has 0 saturated heterocycles. The molecule has 0 bridgehead atoms. The highest BCUT2D eigenvalue weighted by Crippen LogP contribution is 2.41. The average Bonchev–Trinajstić information content (AvgIpc) is 2.26. The van der Waals surface area contributed by atoms with Gasteiger partial charge in [0.2, 0.25) is 0 Å². The molecule has 1 atom stereocenters. The molecule has 0 aromatic heterocycles. The fraction of sp³-hybridized carbons (Fsp3) is 0.538. The molecule has 1 unspecified atom stereocenters. The van der Waals surface area contributed by atoms with Crippen LogP contribution in [-0.4, -0.2) is 7.11 Å². The van der Waals surface area contributed by atoms with Gasteiger partial charge >= 0.3 is 0 Å². The van der Waals surface area contributed by atoms with Crippen molar-refractivity contribution < 1.29 is 9.13 Å². The molecule has 1 nitrogen and oxygen atoms in total. The van der Waals surface area contributed by atoms with Crippen molar-refractivity contribution in [1.29, 1.82) is 0 Å². The van der Waals surface area contributed by atoms with Crippen molar-refractivity contribution in [1.82, 2.24) is 0 Å². The normalized spacial score (nSPS) is 17.6. The first-order valence-corrected chi connectivity index (χ1v) is 7.01. The second-order valence-corrected chi connectivity index (χ2v) is 5.89. The van der Waals surface area contributed by atoms with E-state index in [2.05, 4.69) is 15.9 Å². The van der Waals surface area contributed by atoms with Crippen molar-refractivity contribution in [2.45, 2.75) is 31.1 Å². The molecule has 94 valence electrons. The standard InChI is InChI=1S/C13H15BrClFO/c1-17-13-7-12(16)10(14)6-9(13)11(15)5-8-3-2-4-8/h6-8,11H,2-5H2,1H3. The summed E-state index contributed by atoms with van der Waals surface area (Å²) in [6.45, 7) is 0. The van der Waals surface area contributed by atoms with Crippen LogP contribution in [0.25, 0.3) is 0 Å². The van der Waals surface area contributed by atoms with Crippen LogP contribution in [0, 0.1) is 11.7 Å². The topological polar surface area (TPSA) is 9.23 Å².